The minimum absolute atomic E-state index is 0.00529. The molecular formula is C12H16N2O3. The first-order valence-corrected chi connectivity index (χ1v) is 5.42. The maximum Gasteiger partial charge on any atom is 0.303 e. The first-order valence-electron chi connectivity index (χ1n) is 5.42. The number of nitrogens with one attached hydrogen (secondary N) is 1. The van der Waals surface area contributed by atoms with Gasteiger partial charge in [0.05, 0.1) is 0 Å². The highest BCUT2D eigenvalue weighted by Gasteiger charge is 2.12. The number of rotatable bonds is 5. The number of carboxylic acid groups (broad SMARTS) is 1. The summed E-state index contributed by atoms with van der Waals surface area (Å²) in [7, 11) is 0. The van der Waals surface area contributed by atoms with E-state index in [1.165, 1.54) is 0 Å². The average molecular weight is 236 g/mol. The quantitative estimate of drug-likeness (QED) is 0.817. The second-order valence-corrected chi connectivity index (χ2v) is 4.12. The molecule has 17 heavy (non-hydrogen) atoms. The lowest BCUT2D eigenvalue weighted by atomic mass is 10.0. The number of carbonyl (C=O) groups is 2. The third kappa shape index (κ3) is 5.10. The number of carboxylic acids is 1. The number of aliphatic carboxylic acids is 1. The van der Waals surface area contributed by atoms with Gasteiger partial charge in [-0.05, 0) is 25.0 Å². The third-order valence-corrected chi connectivity index (χ3v) is 2.21. The lowest BCUT2D eigenvalue weighted by Gasteiger charge is -2.09. The molecule has 1 aromatic rings. The van der Waals surface area contributed by atoms with Gasteiger partial charge in [0.15, 0.2) is 0 Å². The van der Waals surface area contributed by atoms with Gasteiger partial charge in [0.2, 0.25) is 5.91 Å². The van der Waals surface area contributed by atoms with E-state index >= 15 is 0 Å². The Morgan fingerprint density at radius 1 is 1.41 bits per heavy atom. The second-order valence-electron chi connectivity index (χ2n) is 4.12. The first kappa shape index (κ1) is 13.2. The van der Waals surface area contributed by atoms with E-state index in [0.717, 1.165) is 5.69 Å². The zero-order valence-corrected chi connectivity index (χ0v) is 9.93. The molecule has 1 rings (SSSR count). The van der Waals surface area contributed by atoms with E-state index in [0.29, 0.717) is 5.82 Å². The van der Waals surface area contributed by atoms with Gasteiger partial charge in [-0.3, -0.25) is 9.59 Å². The first-order chi connectivity index (χ1) is 7.97. The van der Waals surface area contributed by atoms with Gasteiger partial charge in [0.1, 0.15) is 5.82 Å². The van der Waals surface area contributed by atoms with Crippen LogP contribution in [-0.4, -0.2) is 22.0 Å². The fourth-order valence-corrected chi connectivity index (χ4v) is 1.49. The minimum Gasteiger partial charge on any atom is -0.481 e. The zero-order valence-electron chi connectivity index (χ0n) is 9.93. The normalized spacial score (nSPS) is 11.9. The Labute approximate surface area is 99.9 Å². The Kier molecular flexibility index (Phi) is 4.63. The maximum absolute atomic E-state index is 11.6. The summed E-state index contributed by atoms with van der Waals surface area (Å²) in [6.07, 6.45) is 0.177. The molecule has 1 heterocycles. The monoisotopic (exact) mass is 236 g/mol. The van der Waals surface area contributed by atoms with Crippen molar-refractivity contribution in [1.82, 2.24) is 4.98 Å². The minimum atomic E-state index is -0.890. The van der Waals surface area contributed by atoms with Gasteiger partial charge in [0, 0.05) is 18.5 Å². The molecular weight excluding hydrogens is 220 g/mol. The van der Waals surface area contributed by atoms with Crippen LogP contribution in [0.3, 0.4) is 0 Å². The van der Waals surface area contributed by atoms with Crippen molar-refractivity contribution < 1.29 is 14.7 Å². The summed E-state index contributed by atoms with van der Waals surface area (Å²) >= 11 is 0. The molecule has 0 radical (unpaired) electrons. The van der Waals surface area contributed by atoms with Crippen LogP contribution in [0.2, 0.25) is 0 Å². The van der Waals surface area contributed by atoms with Gasteiger partial charge < -0.3 is 10.4 Å². The number of anilines is 1. The summed E-state index contributed by atoms with van der Waals surface area (Å²) in [6.45, 7) is 3.57. The zero-order chi connectivity index (χ0) is 12.8. The average Bonchev–Trinajstić information content (AvgIpc) is 2.14. The van der Waals surface area contributed by atoms with Gasteiger partial charge >= 0.3 is 5.97 Å². The molecule has 0 fully saturated rings. The third-order valence-electron chi connectivity index (χ3n) is 2.21. The number of amides is 1. The Bertz CT molecular complexity index is 418. The topological polar surface area (TPSA) is 79.3 Å². The highest BCUT2D eigenvalue weighted by molar-refractivity contribution is 5.90. The standard InChI is InChI=1S/C12H16N2O3/c1-8(7-12(16)17)6-11(15)14-10-5-3-4-9(2)13-10/h3-5,8H,6-7H2,1-2H3,(H,16,17)(H,13,14,15). The van der Waals surface area contributed by atoms with Crippen LogP contribution in [0.4, 0.5) is 5.82 Å². The van der Waals surface area contributed by atoms with Crippen LogP contribution in [0.1, 0.15) is 25.5 Å². The molecule has 0 spiro atoms. The van der Waals surface area contributed by atoms with Crippen molar-refractivity contribution in [3.63, 3.8) is 0 Å². The molecule has 0 aliphatic heterocycles. The molecule has 5 nitrogen and oxygen atoms in total. The Balaban J connectivity index is 2.47. The van der Waals surface area contributed by atoms with Crippen LogP contribution in [-0.2, 0) is 9.59 Å². The fraction of sp³-hybridized carbons (Fsp3) is 0.417. The molecule has 2 N–H and O–H groups in total. The van der Waals surface area contributed by atoms with Gasteiger partial charge in [-0.25, -0.2) is 4.98 Å². The molecule has 0 bridgehead atoms. The Morgan fingerprint density at radius 2 is 2.12 bits per heavy atom. The summed E-state index contributed by atoms with van der Waals surface area (Å²) in [5, 5.41) is 11.2. The lowest BCUT2D eigenvalue weighted by molar-refractivity contribution is -0.138. The Morgan fingerprint density at radius 3 is 2.71 bits per heavy atom. The van der Waals surface area contributed by atoms with Crippen molar-refractivity contribution in [3.05, 3.63) is 23.9 Å². The summed E-state index contributed by atoms with van der Waals surface area (Å²) in [6, 6.07) is 5.34. The van der Waals surface area contributed by atoms with Gasteiger partial charge in [0.25, 0.3) is 0 Å². The Hall–Kier alpha value is -1.91. The van der Waals surface area contributed by atoms with Crippen LogP contribution >= 0.6 is 0 Å². The van der Waals surface area contributed by atoms with E-state index in [1.807, 2.05) is 13.0 Å². The predicted octanol–water partition coefficient (Wildman–Crippen LogP) is 1.83. The van der Waals surface area contributed by atoms with Crippen LogP contribution in [0, 0.1) is 12.8 Å². The van der Waals surface area contributed by atoms with Crippen molar-refractivity contribution >= 4 is 17.7 Å². The van der Waals surface area contributed by atoms with E-state index in [4.69, 9.17) is 5.11 Å². The molecule has 1 unspecified atom stereocenters. The van der Waals surface area contributed by atoms with Crippen molar-refractivity contribution in [2.75, 3.05) is 5.32 Å². The van der Waals surface area contributed by atoms with Crippen LogP contribution < -0.4 is 5.32 Å². The van der Waals surface area contributed by atoms with E-state index in [-0.39, 0.29) is 24.7 Å². The summed E-state index contributed by atoms with van der Waals surface area (Å²) in [4.78, 5) is 26.2. The van der Waals surface area contributed by atoms with E-state index < -0.39 is 5.97 Å². The summed E-state index contributed by atoms with van der Waals surface area (Å²) in [5.41, 5.74) is 0.821. The van der Waals surface area contributed by atoms with Gasteiger partial charge in [-0.15, -0.1) is 0 Å². The summed E-state index contributed by atoms with van der Waals surface area (Å²) in [5.74, 6) is -0.786. The van der Waals surface area contributed by atoms with Gasteiger partial charge in [-0.1, -0.05) is 13.0 Å². The lowest BCUT2D eigenvalue weighted by Crippen LogP contribution is -2.17. The van der Waals surface area contributed by atoms with E-state index in [2.05, 4.69) is 10.3 Å². The molecule has 0 saturated heterocycles. The molecule has 0 aliphatic carbocycles. The molecule has 1 aromatic heterocycles. The van der Waals surface area contributed by atoms with E-state index in [9.17, 15) is 9.59 Å². The fourth-order valence-electron chi connectivity index (χ4n) is 1.49. The van der Waals surface area contributed by atoms with Crippen LogP contribution in [0.25, 0.3) is 0 Å². The molecule has 1 atom stereocenters. The highest BCUT2D eigenvalue weighted by Crippen LogP contribution is 2.10. The smallest absolute Gasteiger partial charge is 0.303 e. The van der Waals surface area contributed by atoms with Crippen molar-refractivity contribution in [2.24, 2.45) is 5.92 Å². The SMILES string of the molecule is Cc1cccc(NC(=O)CC(C)CC(=O)O)n1. The number of carbonyl (C=O) groups excluding carboxylic acids is 1. The predicted molar refractivity (Wildman–Crippen MR) is 63.6 cm³/mol. The van der Waals surface area contributed by atoms with Crippen LogP contribution in [0.15, 0.2) is 18.2 Å². The van der Waals surface area contributed by atoms with Crippen molar-refractivity contribution in [3.8, 4) is 0 Å². The van der Waals surface area contributed by atoms with Crippen LogP contribution in [0.5, 0.6) is 0 Å². The molecule has 0 aromatic carbocycles. The molecule has 92 valence electrons. The van der Waals surface area contributed by atoms with Crippen molar-refractivity contribution in [1.29, 1.82) is 0 Å². The highest BCUT2D eigenvalue weighted by atomic mass is 16.4. The molecule has 0 aliphatic rings. The number of pyridine rings is 1. The molecule has 1 amide bonds. The number of nitrogens with zero attached hydrogens (tertiary/aromatic N) is 1. The largest absolute Gasteiger partial charge is 0.481 e. The molecule has 5 heteroatoms. The van der Waals surface area contributed by atoms with E-state index in [1.54, 1.807) is 19.1 Å². The number of aryl methyl sites for hydroxylation is 1. The molecule has 0 saturated carbocycles. The maximum atomic E-state index is 11.6. The summed E-state index contributed by atoms with van der Waals surface area (Å²) < 4.78 is 0. The van der Waals surface area contributed by atoms with Gasteiger partial charge in [-0.2, -0.15) is 0 Å². The number of hydrogen-bond acceptors (Lipinski definition) is 3. The second kappa shape index (κ2) is 5.98. The van der Waals surface area contributed by atoms with Crippen molar-refractivity contribution in [2.45, 2.75) is 26.7 Å². The number of aromatic nitrogens is 1. The number of hydrogen-bond donors (Lipinski definition) is 2.